The number of aromatic nitrogens is 1. The molecule has 6 nitrogen and oxygen atoms in total. The van der Waals surface area contributed by atoms with Crippen LogP contribution in [0.15, 0.2) is 12.3 Å². The van der Waals surface area contributed by atoms with Crippen molar-refractivity contribution in [2.45, 2.75) is 6.18 Å². The van der Waals surface area contributed by atoms with Gasteiger partial charge in [-0.05, 0) is 6.07 Å². The number of carboxylic acid groups (broad SMARTS) is 1. The number of nitrogens with zero attached hydrogens (tertiary/aromatic N) is 1. The normalized spacial score (nSPS) is 11.3. The van der Waals surface area contributed by atoms with Crippen molar-refractivity contribution in [3.05, 3.63) is 17.8 Å². The maximum atomic E-state index is 11.8. The van der Waals surface area contributed by atoms with Crippen LogP contribution in [0.2, 0.25) is 0 Å². The van der Waals surface area contributed by atoms with E-state index in [1.165, 1.54) is 6.07 Å². The number of carboxylic acids is 1. The van der Waals surface area contributed by atoms with Crippen molar-refractivity contribution in [3.8, 4) is 0 Å². The Morgan fingerprint density at radius 2 is 2.21 bits per heavy atom. The van der Waals surface area contributed by atoms with E-state index in [0.717, 1.165) is 6.20 Å². The minimum absolute atomic E-state index is 0.0691. The maximum Gasteiger partial charge on any atom is 0.411 e. The van der Waals surface area contributed by atoms with Crippen molar-refractivity contribution in [3.63, 3.8) is 0 Å². The van der Waals surface area contributed by atoms with Crippen LogP contribution in [0.25, 0.3) is 0 Å². The molecular weight excluding hydrogens is 267 g/mol. The standard InChI is InChI=1S/C10H12F3N3O3/c11-10(12,13)5-19-2-1-15-8-7(14)3-6(4-16-8)9(17)18/h3-4H,1-2,5,14H2,(H,15,16)(H,17,18). The first-order valence-electron chi connectivity index (χ1n) is 5.17. The monoisotopic (exact) mass is 279 g/mol. The Bertz CT molecular complexity index is 451. The van der Waals surface area contributed by atoms with Crippen molar-refractivity contribution in [2.75, 3.05) is 30.8 Å². The van der Waals surface area contributed by atoms with Crippen LogP contribution in [-0.2, 0) is 4.74 Å². The van der Waals surface area contributed by atoms with Gasteiger partial charge in [-0.25, -0.2) is 9.78 Å². The Kier molecular flexibility index (Phi) is 4.93. The van der Waals surface area contributed by atoms with E-state index in [0.29, 0.717) is 0 Å². The van der Waals surface area contributed by atoms with Gasteiger partial charge in [0.05, 0.1) is 17.9 Å². The van der Waals surface area contributed by atoms with Crippen molar-refractivity contribution in [1.82, 2.24) is 4.98 Å². The van der Waals surface area contributed by atoms with Gasteiger partial charge in [-0.1, -0.05) is 0 Å². The van der Waals surface area contributed by atoms with Gasteiger partial charge in [0.2, 0.25) is 0 Å². The van der Waals surface area contributed by atoms with E-state index in [9.17, 15) is 18.0 Å². The zero-order chi connectivity index (χ0) is 14.5. The molecule has 0 saturated carbocycles. The summed E-state index contributed by atoms with van der Waals surface area (Å²) in [5.41, 5.74) is 5.55. The summed E-state index contributed by atoms with van der Waals surface area (Å²) in [5, 5.41) is 11.3. The van der Waals surface area contributed by atoms with E-state index in [-0.39, 0.29) is 30.2 Å². The molecule has 1 heterocycles. The summed E-state index contributed by atoms with van der Waals surface area (Å²) in [6.45, 7) is -1.43. The summed E-state index contributed by atoms with van der Waals surface area (Å²) in [6, 6.07) is 1.20. The van der Waals surface area contributed by atoms with Crippen molar-refractivity contribution >= 4 is 17.5 Å². The van der Waals surface area contributed by atoms with E-state index in [2.05, 4.69) is 15.0 Å². The van der Waals surface area contributed by atoms with E-state index in [1.807, 2.05) is 0 Å². The number of anilines is 2. The highest BCUT2D eigenvalue weighted by Crippen LogP contribution is 2.16. The number of hydrogen-bond donors (Lipinski definition) is 3. The lowest BCUT2D eigenvalue weighted by Gasteiger charge is -2.10. The topological polar surface area (TPSA) is 97.5 Å². The Hall–Kier alpha value is -2.03. The molecule has 0 atom stereocenters. The van der Waals surface area contributed by atoms with Crippen LogP contribution in [-0.4, -0.2) is 42.0 Å². The van der Waals surface area contributed by atoms with Crippen LogP contribution in [0.4, 0.5) is 24.7 Å². The molecule has 0 spiro atoms. The van der Waals surface area contributed by atoms with Gasteiger partial charge >= 0.3 is 12.1 Å². The van der Waals surface area contributed by atoms with Crippen molar-refractivity contribution in [2.24, 2.45) is 0 Å². The molecule has 0 bridgehead atoms. The second-order valence-corrected chi connectivity index (χ2v) is 3.56. The summed E-state index contributed by atoms with van der Waals surface area (Å²) in [6.07, 6.45) is -3.27. The molecule has 0 aliphatic carbocycles. The van der Waals surface area contributed by atoms with Gasteiger partial charge in [0, 0.05) is 12.7 Å². The number of alkyl halides is 3. The summed E-state index contributed by atoms with van der Waals surface area (Å²) < 4.78 is 39.6. The summed E-state index contributed by atoms with van der Waals surface area (Å²) in [5.74, 6) is -0.972. The van der Waals surface area contributed by atoms with Crippen LogP contribution < -0.4 is 11.1 Å². The lowest BCUT2D eigenvalue weighted by molar-refractivity contribution is -0.172. The highest BCUT2D eigenvalue weighted by molar-refractivity contribution is 5.89. The molecule has 1 rings (SSSR count). The molecular formula is C10H12F3N3O3. The molecule has 1 aromatic heterocycles. The molecule has 19 heavy (non-hydrogen) atoms. The fraction of sp³-hybridized carbons (Fsp3) is 0.400. The molecule has 1 aromatic rings. The third-order valence-electron chi connectivity index (χ3n) is 1.97. The molecule has 106 valence electrons. The highest BCUT2D eigenvalue weighted by atomic mass is 19.4. The molecule has 0 aromatic carbocycles. The first-order chi connectivity index (χ1) is 8.79. The Labute approximate surface area is 106 Å². The summed E-state index contributed by atoms with van der Waals surface area (Å²) >= 11 is 0. The minimum Gasteiger partial charge on any atom is -0.478 e. The SMILES string of the molecule is Nc1cc(C(=O)O)cnc1NCCOCC(F)(F)F. The quantitative estimate of drug-likeness (QED) is 0.680. The Morgan fingerprint density at radius 3 is 2.74 bits per heavy atom. The van der Waals surface area contributed by atoms with Crippen LogP contribution in [0.1, 0.15) is 10.4 Å². The average Bonchev–Trinajstić information content (AvgIpc) is 2.28. The van der Waals surface area contributed by atoms with E-state index < -0.39 is 18.8 Å². The lowest BCUT2D eigenvalue weighted by Crippen LogP contribution is -2.20. The van der Waals surface area contributed by atoms with Gasteiger partial charge in [0.25, 0.3) is 0 Å². The molecule has 0 radical (unpaired) electrons. The largest absolute Gasteiger partial charge is 0.478 e. The predicted molar refractivity (Wildman–Crippen MR) is 61.0 cm³/mol. The number of halogens is 3. The van der Waals surface area contributed by atoms with Gasteiger partial charge < -0.3 is 20.9 Å². The average molecular weight is 279 g/mol. The second-order valence-electron chi connectivity index (χ2n) is 3.56. The van der Waals surface area contributed by atoms with E-state index >= 15 is 0 Å². The number of hydrogen-bond acceptors (Lipinski definition) is 5. The summed E-state index contributed by atoms with van der Waals surface area (Å²) in [7, 11) is 0. The van der Waals surface area contributed by atoms with Gasteiger partial charge in [0.1, 0.15) is 12.4 Å². The zero-order valence-corrected chi connectivity index (χ0v) is 9.70. The van der Waals surface area contributed by atoms with E-state index in [4.69, 9.17) is 10.8 Å². The predicted octanol–water partition coefficient (Wildman–Crippen LogP) is 1.35. The third-order valence-corrected chi connectivity index (χ3v) is 1.97. The van der Waals surface area contributed by atoms with Gasteiger partial charge in [0.15, 0.2) is 0 Å². The lowest BCUT2D eigenvalue weighted by atomic mass is 10.2. The number of nitrogens with two attached hydrogens (primary N) is 1. The summed E-state index contributed by atoms with van der Waals surface area (Å²) in [4.78, 5) is 14.4. The number of ether oxygens (including phenoxy) is 1. The molecule has 0 fully saturated rings. The molecule has 0 unspecified atom stereocenters. The first-order valence-corrected chi connectivity index (χ1v) is 5.17. The molecule has 0 aliphatic rings. The molecule has 4 N–H and O–H groups in total. The first kappa shape index (κ1) is 15.0. The van der Waals surface area contributed by atoms with E-state index in [1.54, 1.807) is 0 Å². The van der Waals surface area contributed by atoms with Gasteiger partial charge in [-0.2, -0.15) is 13.2 Å². The van der Waals surface area contributed by atoms with Gasteiger partial charge in [-0.3, -0.25) is 0 Å². The van der Waals surface area contributed by atoms with Crippen LogP contribution in [0.3, 0.4) is 0 Å². The highest BCUT2D eigenvalue weighted by Gasteiger charge is 2.27. The maximum absolute atomic E-state index is 11.8. The number of carbonyl (C=O) groups is 1. The fourth-order valence-corrected chi connectivity index (χ4v) is 1.18. The number of nitrogens with one attached hydrogen (secondary N) is 1. The van der Waals surface area contributed by atoms with Crippen molar-refractivity contribution < 1.29 is 27.8 Å². The van der Waals surface area contributed by atoms with Crippen LogP contribution in [0, 0.1) is 0 Å². The number of rotatable bonds is 6. The number of pyridine rings is 1. The van der Waals surface area contributed by atoms with Gasteiger partial charge in [-0.15, -0.1) is 0 Å². The third kappa shape index (κ3) is 5.42. The van der Waals surface area contributed by atoms with Crippen molar-refractivity contribution in [1.29, 1.82) is 0 Å². The van der Waals surface area contributed by atoms with Crippen LogP contribution >= 0.6 is 0 Å². The van der Waals surface area contributed by atoms with Crippen LogP contribution in [0.5, 0.6) is 0 Å². The number of nitrogen functional groups attached to an aromatic ring is 1. The molecule has 0 aliphatic heterocycles. The number of aromatic carboxylic acids is 1. The molecule has 0 amide bonds. The smallest absolute Gasteiger partial charge is 0.411 e. The molecule has 9 heteroatoms. The molecule has 0 saturated heterocycles. The zero-order valence-electron chi connectivity index (χ0n) is 9.70. The fourth-order valence-electron chi connectivity index (χ4n) is 1.18. The minimum atomic E-state index is -4.36. The Balaban J connectivity index is 2.40. The Morgan fingerprint density at radius 1 is 1.53 bits per heavy atom. The second kappa shape index (κ2) is 6.23.